The van der Waals surface area contributed by atoms with E-state index in [1.54, 1.807) is 12.1 Å². The number of hydrogen-bond acceptors (Lipinski definition) is 6. The Morgan fingerprint density at radius 1 is 1.28 bits per heavy atom. The molecule has 1 N–H and O–H groups in total. The summed E-state index contributed by atoms with van der Waals surface area (Å²) in [6.07, 6.45) is 0. The van der Waals surface area contributed by atoms with Crippen molar-refractivity contribution in [2.45, 2.75) is 18.7 Å². The van der Waals surface area contributed by atoms with Crippen molar-refractivity contribution >= 4 is 50.0 Å². The third-order valence-electron chi connectivity index (χ3n) is 3.49. The molecule has 8 heteroatoms. The fourth-order valence-electron chi connectivity index (χ4n) is 2.39. The Morgan fingerprint density at radius 2 is 2.00 bits per heavy atom. The molecule has 3 aromatic rings. The van der Waals surface area contributed by atoms with Crippen LogP contribution in [0.5, 0.6) is 0 Å². The number of carbonyl (C=O) groups is 1. The molecular formula is C17H15N3O3S2. The lowest BCUT2D eigenvalue weighted by atomic mass is 10.1. The maximum atomic E-state index is 12.1. The number of amides is 1. The average molecular weight is 373 g/mol. The largest absolute Gasteiger partial charge is 0.301 e. The number of nitro benzene ring substituents is 1. The molecule has 0 radical (unpaired) electrons. The lowest BCUT2D eigenvalue weighted by Gasteiger charge is -2.02. The summed E-state index contributed by atoms with van der Waals surface area (Å²) in [6.45, 7) is 4.04. The summed E-state index contributed by atoms with van der Waals surface area (Å²) in [7, 11) is 0. The first kappa shape index (κ1) is 17.4. The molecule has 3 rings (SSSR count). The molecule has 0 aliphatic heterocycles. The quantitative estimate of drug-likeness (QED) is 0.403. The molecule has 0 spiro atoms. The van der Waals surface area contributed by atoms with Gasteiger partial charge < -0.3 is 5.32 Å². The average Bonchev–Trinajstić information content (AvgIpc) is 2.96. The van der Waals surface area contributed by atoms with Gasteiger partial charge in [-0.3, -0.25) is 14.9 Å². The second-order valence-electron chi connectivity index (χ2n) is 5.54. The van der Waals surface area contributed by atoms with Crippen LogP contribution in [-0.2, 0) is 4.79 Å². The Labute approximate surface area is 152 Å². The minimum absolute atomic E-state index is 0.0361. The second kappa shape index (κ2) is 7.20. The third kappa shape index (κ3) is 4.15. The predicted molar refractivity (Wildman–Crippen MR) is 102 cm³/mol. The summed E-state index contributed by atoms with van der Waals surface area (Å²) in [5.41, 5.74) is 3.20. The first-order valence-electron chi connectivity index (χ1n) is 7.47. The van der Waals surface area contributed by atoms with E-state index in [0.29, 0.717) is 5.13 Å². The van der Waals surface area contributed by atoms with E-state index in [2.05, 4.69) is 22.4 Å². The van der Waals surface area contributed by atoms with Gasteiger partial charge >= 0.3 is 0 Å². The van der Waals surface area contributed by atoms with Crippen LogP contribution in [0.4, 0.5) is 10.8 Å². The number of fused-ring (bicyclic) bond motifs is 1. The number of benzene rings is 2. The molecule has 0 atom stereocenters. The number of thioether (sulfide) groups is 1. The number of aromatic nitrogens is 1. The molecule has 25 heavy (non-hydrogen) atoms. The van der Waals surface area contributed by atoms with Gasteiger partial charge in [0.25, 0.3) is 5.69 Å². The fourth-order valence-corrected chi connectivity index (χ4v) is 4.15. The van der Waals surface area contributed by atoms with Crippen molar-refractivity contribution in [3.63, 3.8) is 0 Å². The monoisotopic (exact) mass is 373 g/mol. The van der Waals surface area contributed by atoms with Gasteiger partial charge in [-0.25, -0.2) is 4.98 Å². The molecule has 0 saturated carbocycles. The summed E-state index contributed by atoms with van der Waals surface area (Å²) >= 11 is 2.78. The first-order chi connectivity index (χ1) is 11.9. The van der Waals surface area contributed by atoms with Crippen LogP contribution in [0.2, 0.25) is 0 Å². The Hall–Kier alpha value is -2.45. The van der Waals surface area contributed by atoms with Gasteiger partial charge in [-0.1, -0.05) is 17.4 Å². The van der Waals surface area contributed by atoms with Crippen molar-refractivity contribution in [3.05, 3.63) is 57.6 Å². The molecule has 0 unspecified atom stereocenters. The van der Waals surface area contributed by atoms with E-state index in [0.717, 1.165) is 20.7 Å². The molecule has 6 nitrogen and oxygen atoms in total. The number of nitro groups is 1. The van der Waals surface area contributed by atoms with Gasteiger partial charge in [0, 0.05) is 17.0 Å². The van der Waals surface area contributed by atoms with E-state index in [4.69, 9.17) is 0 Å². The SMILES string of the molecule is Cc1cc(C)c2nc(NC(=O)CSc3ccc([N+](=O)[O-])cc3)sc2c1. The summed E-state index contributed by atoms with van der Waals surface area (Å²) in [4.78, 5) is 27.6. The van der Waals surface area contributed by atoms with Gasteiger partial charge in [-0.2, -0.15) is 0 Å². The van der Waals surface area contributed by atoms with E-state index in [1.807, 2.05) is 13.8 Å². The Balaban J connectivity index is 1.62. The lowest BCUT2D eigenvalue weighted by Crippen LogP contribution is -2.13. The maximum Gasteiger partial charge on any atom is 0.269 e. The zero-order valence-electron chi connectivity index (χ0n) is 13.6. The highest BCUT2D eigenvalue weighted by Gasteiger charge is 2.11. The van der Waals surface area contributed by atoms with Crippen molar-refractivity contribution in [1.29, 1.82) is 0 Å². The smallest absolute Gasteiger partial charge is 0.269 e. The van der Waals surface area contributed by atoms with Gasteiger partial charge in [-0.05, 0) is 43.2 Å². The van der Waals surface area contributed by atoms with Crippen molar-refractivity contribution in [1.82, 2.24) is 4.98 Å². The molecule has 0 saturated heterocycles. The number of nitrogens with one attached hydrogen (secondary N) is 1. The van der Waals surface area contributed by atoms with Gasteiger partial charge in [-0.15, -0.1) is 11.8 Å². The van der Waals surface area contributed by atoms with Crippen LogP contribution in [0.1, 0.15) is 11.1 Å². The molecule has 0 aliphatic rings. The van der Waals surface area contributed by atoms with Gasteiger partial charge in [0.2, 0.25) is 5.91 Å². The van der Waals surface area contributed by atoms with Crippen LogP contribution >= 0.6 is 23.1 Å². The van der Waals surface area contributed by atoms with Crippen molar-refractivity contribution < 1.29 is 9.72 Å². The van der Waals surface area contributed by atoms with Crippen LogP contribution in [0.3, 0.4) is 0 Å². The van der Waals surface area contributed by atoms with E-state index >= 15 is 0 Å². The third-order valence-corrected chi connectivity index (χ3v) is 5.42. The maximum absolute atomic E-state index is 12.1. The van der Waals surface area contributed by atoms with E-state index in [-0.39, 0.29) is 17.3 Å². The number of thiazole rings is 1. The normalized spacial score (nSPS) is 10.8. The van der Waals surface area contributed by atoms with Crippen LogP contribution < -0.4 is 5.32 Å². The van der Waals surface area contributed by atoms with Crippen LogP contribution in [0.15, 0.2) is 41.3 Å². The molecule has 1 amide bonds. The molecule has 0 aliphatic carbocycles. The van der Waals surface area contributed by atoms with Crippen molar-refractivity contribution in [2.75, 3.05) is 11.1 Å². The number of nitrogens with zero attached hydrogens (tertiary/aromatic N) is 2. The Morgan fingerprint density at radius 3 is 2.68 bits per heavy atom. The standard InChI is InChI=1S/C17H15N3O3S2/c1-10-7-11(2)16-14(8-10)25-17(19-16)18-15(21)9-24-13-5-3-12(4-6-13)20(22)23/h3-8H,9H2,1-2H3,(H,18,19,21). The summed E-state index contributed by atoms with van der Waals surface area (Å²) in [5, 5.41) is 14.0. The predicted octanol–water partition coefficient (Wildman–Crippen LogP) is 4.55. The molecule has 0 bridgehead atoms. The molecule has 2 aromatic carbocycles. The Bertz CT molecular complexity index is 952. The van der Waals surface area contributed by atoms with Crippen LogP contribution in [0.25, 0.3) is 10.2 Å². The van der Waals surface area contributed by atoms with Crippen LogP contribution in [0, 0.1) is 24.0 Å². The molecule has 1 aromatic heterocycles. The van der Waals surface area contributed by atoms with Gasteiger partial charge in [0.1, 0.15) is 0 Å². The topological polar surface area (TPSA) is 85.1 Å². The number of anilines is 1. The number of carbonyl (C=O) groups excluding carboxylic acids is 1. The lowest BCUT2D eigenvalue weighted by molar-refractivity contribution is -0.384. The zero-order chi connectivity index (χ0) is 18.0. The summed E-state index contributed by atoms with van der Waals surface area (Å²) in [5.74, 6) is 0.0583. The number of non-ortho nitro benzene ring substituents is 1. The van der Waals surface area contributed by atoms with E-state index in [1.165, 1.54) is 40.8 Å². The molecule has 0 fully saturated rings. The molecular weight excluding hydrogens is 358 g/mol. The van der Waals surface area contributed by atoms with Crippen molar-refractivity contribution in [3.8, 4) is 0 Å². The number of hydrogen-bond donors (Lipinski definition) is 1. The summed E-state index contributed by atoms with van der Waals surface area (Å²) in [6, 6.07) is 10.3. The number of rotatable bonds is 5. The fraction of sp³-hybridized carbons (Fsp3) is 0.176. The minimum atomic E-state index is -0.446. The van der Waals surface area contributed by atoms with Crippen molar-refractivity contribution in [2.24, 2.45) is 0 Å². The van der Waals surface area contributed by atoms with Crippen LogP contribution in [-0.4, -0.2) is 21.6 Å². The highest BCUT2D eigenvalue weighted by atomic mass is 32.2. The molecule has 1 heterocycles. The second-order valence-corrected chi connectivity index (χ2v) is 7.61. The molecule has 128 valence electrons. The van der Waals surface area contributed by atoms with E-state index in [9.17, 15) is 14.9 Å². The van der Waals surface area contributed by atoms with Gasteiger partial charge in [0.05, 0.1) is 20.9 Å². The number of aryl methyl sites for hydroxylation is 2. The first-order valence-corrected chi connectivity index (χ1v) is 9.27. The minimum Gasteiger partial charge on any atom is -0.301 e. The highest BCUT2D eigenvalue weighted by molar-refractivity contribution is 8.00. The highest BCUT2D eigenvalue weighted by Crippen LogP contribution is 2.29. The van der Waals surface area contributed by atoms with E-state index < -0.39 is 4.92 Å². The zero-order valence-corrected chi connectivity index (χ0v) is 15.2. The van der Waals surface area contributed by atoms with Gasteiger partial charge in [0.15, 0.2) is 5.13 Å². The Kier molecular flexibility index (Phi) is 5.00. The summed E-state index contributed by atoms with van der Waals surface area (Å²) < 4.78 is 1.05.